The molecule has 19 heavy (non-hydrogen) atoms. The SMILES string of the molecule is COC1CCN(Cc2scnc2C2CC2)C(CN)C1. The Balaban J connectivity index is 1.66. The zero-order valence-electron chi connectivity index (χ0n) is 11.5. The topological polar surface area (TPSA) is 51.4 Å². The third-order valence-electron chi connectivity index (χ3n) is 4.38. The van der Waals surface area contributed by atoms with Gasteiger partial charge in [-0.1, -0.05) is 0 Å². The van der Waals surface area contributed by atoms with E-state index < -0.39 is 0 Å². The van der Waals surface area contributed by atoms with Gasteiger partial charge in [0.15, 0.2) is 0 Å². The van der Waals surface area contributed by atoms with Gasteiger partial charge in [-0.3, -0.25) is 4.90 Å². The number of methoxy groups -OCH3 is 1. The zero-order chi connectivity index (χ0) is 13.2. The number of thiazole rings is 1. The fourth-order valence-electron chi connectivity index (χ4n) is 3.00. The predicted octanol–water partition coefficient (Wildman–Crippen LogP) is 1.96. The normalized spacial score (nSPS) is 28.7. The molecule has 2 heterocycles. The number of piperidine rings is 1. The van der Waals surface area contributed by atoms with Crippen molar-refractivity contribution in [1.29, 1.82) is 0 Å². The number of ether oxygens (including phenoxy) is 1. The van der Waals surface area contributed by atoms with Crippen molar-refractivity contribution >= 4 is 11.3 Å². The monoisotopic (exact) mass is 281 g/mol. The van der Waals surface area contributed by atoms with Gasteiger partial charge in [-0.2, -0.15) is 0 Å². The van der Waals surface area contributed by atoms with E-state index in [4.69, 9.17) is 10.5 Å². The Morgan fingerprint density at radius 2 is 2.32 bits per heavy atom. The smallest absolute Gasteiger partial charge is 0.0798 e. The second-order valence-corrected chi connectivity index (χ2v) is 6.62. The predicted molar refractivity (Wildman–Crippen MR) is 77.4 cm³/mol. The molecule has 1 aliphatic carbocycles. The highest BCUT2D eigenvalue weighted by atomic mass is 32.1. The van der Waals surface area contributed by atoms with Gasteiger partial charge in [0.25, 0.3) is 0 Å². The largest absolute Gasteiger partial charge is 0.381 e. The average Bonchev–Trinajstić information content (AvgIpc) is 3.19. The van der Waals surface area contributed by atoms with Crippen LogP contribution in [0.5, 0.6) is 0 Å². The highest BCUT2D eigenvalue weighted by Gasteiger charge is 2.32. The van der Waals surface area contributed by atoms with Crippen LogP contribution in [0.2, 0.25) is 0 Å². The maximum Gasteiger partial charge on any atom is 0.0798 e. The van der Waals surface area contributed by atoms with E-state index in [0.29, 0.717) is 12.1 Å². The van der Waals surface area contributed by atoms with Crippen LogP contribution in [0.15, 0.2) is 5.51 Å². The molecule has 106 valence electrons. The first-order chi connectivity index (χ1) is 9.31. The molecule has 2 N–H and O–H groups in total. The van der Waals surface area contributed by atoms with Gasteiger partial charge in [0.2, 0.25) is 0 Å². The molecule has 0 amide bonds. The van der Waals surface area contributed by atoms with E-state index in [1.807, 2.05) is 12.6 Å². The molecule has 2 fully saturated rings. The summed E-state index contributed by atoms with van der Waals surface area (Å²) in [7, 11) is 1.81. The summed E-state index contributed by atoms with van der Waals surface area (Å²) in [6, 6.07) is 0.452. The standard InChI is InChI=1S/C14H23N3OS/c1-18-12-4-5-17(11(6-12)7-15)8-13-14(10-2-3-10)16-9-19-13/h9-12H,2-8,15H2,1H3. The lowest BCUT2D eigenvalue weighted by Gasteiger charge is -2.38. The second-order valence-electron chi connectivity index (χ2n) is 5.68. The lowest BCUT2D eigenvalue weighted by molar-refractivity contribution is 0.0105. The minimum absolute atomic E-state index is 0.383. The van der Waals surface area contributed by atoms with E-state index in [0.717, 1.165) is 38.4 Å². The quantitative estimate of drug-likeness (QED) is 0.896. The number of hydrogen-bond donors (Lipinski definition) is 1. The molecule has 2 atom stereocenters. The highest BCUT2D eigenvalue weighted by Crippen LogP contribution is 2.42. The molecule has 1 aromatic heterocycles. The Kier molecular flexibility index (Phi) is 4.17. The fraction of sp³-hybridized carbons (Fsp3) is 0.786. The molecule has 4 nitrogen and oxygen atoms in total. The molecule has 2 aliphatic rings. The van der Waals surface area contributed by atoms with E-state index >= 15 is 0 Å². The summed E-state index contributed by atoms with van der Waals surface area (Å²) in [5.41, 5.74) is 9.30. The van der Waals surface area contributed by atoms with E-state index in [9.17, 15) is 0 Å². The summed E-state index contributed by atoms with van der Waals surface area (Å²) in [6.45, 7) is 2.83. The summed E-state index contributed by atoms with van der Waals surface area (Å²) >= 11 is 1.81. The van der Waals surface area contributed by atoms with Crippen LogP contribution < -0.4 is 5.73 Å². The first-order valence-corrected chi connectivity index (χ1v) is 8.09. The van der Waals surface area contributed by atoms with Crippen LogP contribution >= 0.6 is 11.3 Å². The Bertz CT molecular complexity index is 419. The molecule has 1 aromatic rings. The van der Waals surface area contributed by atoms with Crippen molar-refractivity contribution in [1.82, 2.24) is 9.88 Å². The van der Waals surface area contributed by atoms with Crippen LogP contribution in [-0.2, 0) is 11.3 Å². The Morgan fingerprint density at radius 3 is 3.00 bits per heavy atom. The summed E-state index contributed by atoms with van der Waals surface area (Å²) in [4.78, 5) is 8.54. The first kappa shape index (κ1) is 13.5. The lowest BCUT2D eigenvalue weighted by atomic mass is 9.99. The number of nitrogens with zero attached hydrogens (tertiary/aromatic N) is 2. The van der Waals surface area contributed by atoms with E-state index in [1.165, 1.54) is 23.4 Å². The number of rotatable bonds is 5. The lowest BCUT2D eigenvalue weighted by Crippen LogP contribution is -2.47. The van der Waals surface area contributed by atoms with Gasteiger partial charge in [0, 0.05) is 43.6 Å². The molecule has 0 radical (unpaired) electrons. The van der Waals surface area contributed by atoms with E-state index in [1.54, 1.807) is 11.3 Å². The molecule has 5 heteroatoms. The summed E-state index contributed by atoms with van der Waals surface area (Å²) < 4.78 is 5.49. The molecule has 3 rings (SSSR count). The van der Waals surface area contributed by atoms with Crippen LogP contribution in [0.4, 0.5) is 0 Å². The molecule has 1 aliphatic heterocycles. The van der Waals surface area contributed by atoms with Gasteiger partial charge in [0.1, 0.15) is 0 Å². The molecule has 0 aromatic carbocycles. The van der Waals surface area contributed by atoms with Crippen LogP contribution in [-0.4, -0.2) is 42.2 Å². The summed E-state index contributed by atoms with van der Waals surface area (Å²) in [5.74, 6) is 0.745. The van der Waals surface area contributed by atoms with Crippen molar-refractivity contribution < 1.29 is 4.74 Å². The third-order valence-corrected chi connectivity index (χ3v) is 5.21. The molecular formula is C14H23N3OS. The summed E-state index contributed by atoms with van der Waals surface area (Å²) in [5, 5.41) is 0. The van der Waals surface area contributed by atoms with Crippen LogP contribution in [0, 0.1) is 0 Å². The maximum atomic E-state index is 5.94. The number of likely N-dealkylation sites (tertiary alicyclic amines) is 1. The van der Waals surface area contributed by atoms with Crippen molar-refractivity contribution in [3.05, 3.63) is 16.1 Å². The van der Waals surface area contributed by atoms with E-state index in [2.05, 4.69) is 9.88 Å². The van der Waals surface area contributed by atoms with Gasteiger partial charge in [-0.25, -0.2) is 4.98 Å². The van der Waals surface area contributed by atoms with E-state index in [-0.39, 0.29) is 0 Å². The summed E-state index contributed by atoms with van der Waals surface area (Å²) in [6.07, 6.45) is 5.20. The van der Waals surface area contributed by atoms with Crippen molar-refractivity contribution in [3.8, 4) is 0 Å². The fourth-order valence-corrected chi connectivity index (χ4v) is 3.88. The first-order valence-electron chi connectivity index (χ1n) is 7.21. The minimum Gasteiger partial charge on any atom is -0.381 e. The molecule has 2 unspecified atom stereocenters. The van der Waals surface area contributed by atoms with Gasteiger partial charge in [0.05, 0.1) is 17.3 Å². The number of hydrogen-bond acceptors (Lipinski definition) is 5. The Labute approximate surface area is 119 Å². The third kappa shape index (κ3) is 2.99. The molecule has 0 spiro atoms. The van der Waals surface area contributed by atoms with Crippen LogP contribution in [0.25, 0.3) is 0 Å². The van der Waals surface area contributed by atoms with Gasteiger partial charge in [-0.15, -0.1) is 11.3 Å². The van der Waals surface area contributed by atoms with Gasteiger partial charge < -0.3 is 10.5 Å². The Hall–Kier alpha value is -0.490. The number of nitrogens with two attached hydrogens (primary N) is 1. The van der Waals surface area contributed by atoms with Crippen molar-refractivity contribution in [3.63, 3.8) is 0 Å². The maximum absolute atomic E-state index is 5.94. The molecule has 0 bridgehead atoms. The highest BCUT2D eigenvalue weighted by molar-refractivity contribution is 7.09. The van der Waals surface area contributed by atoms with Gasteiger partial charge in [-0.05, 0) is 25.7 Å². The van der Waals surface area contributed by atoms with Crippen molar-refractivity contribution in [2.45, 2.75) is 50.3 Å². The van der Waals surface area contributed by atoms with Crippen molar-refractivity contribution in [2.24, 2.45) is 5.73 Å². The number of aromatic nitrogens is 1. The molecule has 1 saturated heterocycles. The van der Waals surface area contributed by atoms with Gasteiger partial charge >= 0.3 is 0 Å². The molecular weight excluding hydrogens is 258 g/mol. The molecule has 1 saturated carbocycles. The zero-order valence-corrected chi connectivity index (χ0v) is 12.4. The second kappa shape index (κ2) is 5.87. The van der Waals surface area contributed by atoms with Crippen molar-refractivity contribution in [2.75, 3.05) is 20.2 Å². The Morgan fingerprint density at radius 1 is 1.47 bits per heavy atom. The van der Waals surface area contributed by atoms with Crippen LogP contribution in [0.1, 0.15) is 42.2 Å². The minimum atomic E-state index is 0.383. The average molecular weight is 281 g/mol. The van der Waals surface area contributed by atoms with Crippen LogP contribution in [0.3, 0.4) is 0 Å².